The molecule has 2 N–H and O–H groups in total. The van der Waals surface area contributed by atoms with Crippen molar-refractivity contribution >= 4 is 33.2 Å². The fourth-order valence-corrected chi connectivity index (χ4v) is 3.29. The summed E-state index contributed by atoms with van der Waals surface area (Å²) in [5.74, 6) is 0.241. The molecule has 5 nitrogen and oxygen atoms in total. The standard InChI is InChI=1S/C19H23ClN2O3S/c1-13(2)15-6-4-14(5-7-15)10-11-21-19(23)16-8-9-18(17(20)12-16)22-26(3,24)25/h4-9,12-13,22H,10-11H2,1-3H3,(H,21,23). The van der Waals surface area contributed by atoms with Gasteiger partial charge in [-0.2, -0.15) is 0 Å². The lowest BCUT2D eigenvalue weighted by Gasteiger charge is -2.10. The van der Waals surface area contributed by atoms with Crippen molar-refractivity contribution in [2.24, 2.45) is 0 Å². The average Bonchev–Trinajstić information content (AvgIpc) is 2.56. The Morgan fingerprint density at radius 2 is 1.77 bits per heavy atom. The Bertz CT molecular complexity index is 878. The van der Waals surface area contributed by atoms with E-state index in [0.717, 1.165) is 18.2 Å². The molecule has 0 bridgehead atoms. The van der Waals surface area contributed by atoms with E-state index in [1.807, 2.05) is 0 Å². The molecule has 0 spiro atoms. The highest BCUT2D eigenvalue weighted by Gasteiger charge is 2.11. The van der Waals surface area contributed by atoms with Crippen molar-refractivity contribution in [2.75, 3.05) is 17.5 Å². The van der Waals surface area contributed by atoms with Crippen LogP contribution in [-0.4, -0.2) is 27.1 Å². The summed E-state index contributed by atoms with van der Waals surface area (Å²) in [5, 5.41) is 3.02. The van der Waals surface area contributed by atoms with Gasteiger partial charge in [0, 0.05) is 12.1 Å². The number of halogens is 1. The van der Waals surface area contributed by atoms with Crippen LogP contribution in [0.15, 0.2) is 42.5 Å². The molecule has 0 aromatic heterocycles. The molecule has 0 heterocycles. The van der Waals surface area contributed by atoms with Crippen LogP contribution in [0.2, 0.25) is 5.02 Å². The van der Waals surface area contributed by atoms with Crippen LogP contribution in [0.5, 0.6) is 0 Å². The second kappa shape index (κ2) is 8.56. The Morgan fingerprint density at radius 1 is 1.12 bits per heavy atom. The number of sulfonamides is 1. The Hall–Kier alpha value is -2.05. The van der Waals surface area contributed by atoms with Gasteiger partial charge in [0.05, 0.1) is 17.0 Å². The molecular formula is C19H23ClN2O3S. The van der Waals surface area contributed by atoms with E-state index in [9.17, 15) is 13.2 Å². The van der Waals surface area contributed by atoms with Crippen molar-refractivity contribution in [3.63, 3.8) is 0 Å². The summed E-state index contributed by atoms with van der Waals surface area (Å²) in [6.07, 6.45) is 1.77. The second-order valence-electron chi connectivity index (χ2n) is 6.47. The summed E-state index contributed by atoms with van der Waals surface area (Å²) >= 11 is 6.04. The number of benzene rings is 2. The van der Waals surface area contributed by atoms with E-state index in [1.54, 1.807) is 0 Å². The SMILES string of the molecule is CC(C)c1ccc(CCNC(=O)c2ccc(NS(C)(=O)=O)c(Cl)c2)cc1. The predicted octanol–water partition coefficient (Wildman–Crippen LogP) is 3.81. The molecule has 1 amide bonds. The van der Waals surface area contributed by atoms with Crippen molar-refractivity contribution in [3.8, 4) is 0 Å². The number of carbonyl (C=O) groups is 1. The van der Waals surface area contributed by atoms with Crippen molar-refractivity contribution in [2.45, 2.75) is 26.2 Å². The number of hydrogen-bond donors (Lipinski definition) is 2. The molecule has 0 aliphatic carbocycles. The predicted molar refractivity (Wildman–Crippen MR) is 106 cm³/mol. The van der Waals surface area contributed by atoms with E-state index in [2.05, 4.69) is 48.2 Å². The third-order valence-electron chi connectivity index (χ3n) is 3.87. The zero-order valence-electron chi connectivity index (χ0n) is 15.0. The highest BCUT2D eigenvalue weighted by molar-refractivity contribution is 7.92. The van der Waals surface area contributed by atoms with Gasteiger partial charge in [-0.25, -0.2) is 8.42 Å². The molecule has 2 rings (SSSR count). The van der Waals surface area contributed by atoms with Crippen molar-refractivity contribution < 1.29 is 13.2 Å². The highest BCUT2D eigenvalue weighted by atomic mass is 35.5. The van der Waals surface area contributed by atoms with Crippen LogP contribution in [0, 0.1) is 0 Å². The topological polar surface area (TPSA) is 75.3 Å². The van der Waals surface area contributed by atoms with Gasteiger partial charge >= 0.3 is 0 Å². The van der Waals surface area contributed by atoms with Crippen LogP contribution in [-0.2, 0) is 16.4 Å². The molecule has 0 atom stereocenters. The summed E-state index contributed by atoms with van der Waals surface area (Å²) in [5.41, 5.74) is 3.07. The van der Waals surface area contributed by atoms with Crippen LogP contribution < -0.4 is 10.0 Å². The number of amides is 1. The van der Waals surface area contributed by atoms with Crippen molar-refractivity contribution in [3.05, 3.63) is 64.2 Å². The summed E-state index contributed by atoms with van der Waals surface area (Å²) in [6.45, 7) is 4.80. The Balaban J connectivity index is 1.92. The maximum Gasteiger partial charge on any atom is 0.251 e. The first-order valence-electron chi connectivity index (χ1n) is 8.30. The fourth-order valence-electron chi connectivity index (χ4n) is 2.43. The largest absolute Gasteiger partial charge is 0.352 e. The molecule has 7 heteroatoms. The number of rotatable bonds is 7. The van der Waals surface area contributed by atoms with Gasteiger partial charge in [-0.3, -0.25) is 9.52 Å². The van der Waals surface area contributed by atoms with E-state index in [-0.39, 0.29) is 16.6 Å². The van der Waals surface area contributed by atoms with E-state index in [1.165, 1.54) is 23.8 Å². The maximum atomic E-state index is 12.2. The summed E-state index contributed by atoms with van der Waals surface area (Å²) in [6, 6.07) is 12.8. The zero-order valence-corrected chi connectivity index (χ0v) is 16.6. The highest BCUT2D eigenvalue weighted by Crippen LogP contribution is 2.23. The maximum absolute atomic E-state index is 12.2. The molecule has 2 aromatic rings. The molecule has 0 aliphatic rings. The fraction of sp³-hybridized carbons (Fsp3) is 0.316. The van der Waals surface area contributed by atoms with Crippen LogP contribution in [0.1, 0.15) is 41.3 Å². The summed E-state index contributed by atoms with van der Waals surface area (Å²) in [7, 11) is -3.42. The number of hydrogen-bond acceptors (Lipinski definition) is 3. The Labute approximate surface area is 159 Å². The molecule has 0 saturated heterocycles. The Morgan fingerprint density at radius 3 is 2.31 bits per heavy atom. The van der Waals surface area contributed by atoms with Gasteiger partial charge in [0.25, 0.3) is 5.91 Å². The smallest absolute Gasteiger partial charge is 0.251 e. The molecular weight excluding hydrogens is 372 g/mol. The first kappa shape index (κ1) is 20.3. The normalized spacial score (nSPS) is 11.4. The molecule has 2 aromatic carbocycles. The third-order valence-corrected chi connectivity index (χ3v) is 4.78. The minimum atomic E-state index is -3.42. The first-order valence-corrected chi connectivity index (χ1v) is 10.6. The summed E-state index contributed by atoms with van der Waals surface area (Å²) < 4.78 is 24.8. The van der Waals surface area contributed by atoms with E-state index >= 15 is 0 Å². The summed E-state index contributed by atoms with van der Waals surface area (Å²) in [4.78, 5) is 12.2. The molecule has 0 radical (unpaired) electrons. The van der Waals surface area contributed by atoms with Gasteiger partial charge in [0.1, 0.15) is 0 Å². The molecule has 0 aliphatic heterocycles. The molecule has 26 heavy (non-hydrogen) atoms. The number of anilines is 1. The van der Waals surface area contributed by atoms with E-state index < -0.39 is 10.0 Å². The van der Waals surface area contributed by atoms with Crippen LogP contribution >= 0.6 is 11.6 Å². The molecule has 0 saturated carbocycles. The lowest BCUT2D eigenvalue weighted by atomic mass is 10.0. The van der Waals surface area contributed by atoms with Gasteiger partial charge in [-0.05, 0) is 41.7 Å². The third kappa shape index (κ3) is 6.04. The van der Waals surface area contributed by atoms with Crippen LogP contribution in [0.25, 0.3) is 0 Å². The van der Waals surface area contributed by atoms with Crippen molar-refractivity contribution in [1.29, 1.82) is 0 Å². The van der Waals surface area contributed by atoms with Gasteiger partial charge in [-0.15, -0.1) is 0 Å². The van der Waals surface area contributed by atoms with Gasteiger partial charge in [0.2, 0.25) is 10.0 Å². The second-order valence-corrected chi connectivity index (χ2v) is 8.63. The lowest BCUT2D eigenvalue weighted by Crippen LogP contribution is -2.25. The molecule has 0 unspecified atom stereocenters. The minimum Gasteiger partial charge on any atom is -0.352 e. The average molecular weight is 395 g/mol. The van der Waals surface area contributed by atoms with Crippen molar-refractivity contribution in [1.82, 2.24) is 5.32 Å². The lowest BCUT2D eigenvalue weighted by molar-refractivity contribution is 0.0954. The van der Waals surface area contributed by atoms with Gasteiger partial charge in [-0.1, -0.05) is 49.7 Å². The van der Waals surface area contributed by atoms with Gasteiger partial charge < -0.3 is 5.32 Å². The quantitative estimate of drug-likeness (QED) is 0.749. The number of carbonyl (C=O) groups excluding carboxylic acids is 1. The number of nitrogens with one attached hydrogen (secondary N) is 2. The van der Waals surface area contributed by atoms with E-state index in [0.29, 0.717) is 18.0 Å². The minimum absolute atomic E-state index is 0.173. The first-order chi connectivity index (χ1) is 12.2. The monoisotopic (exact) mass is 394 g/mol. The van der Waals surface area contributed by atoms with Gasteiger partial charge in [0.15, 0.2) is 0 Å². The molecule has 140 valence electrons. The Kier molecular flexibility index (Phi) is 6.67. The van der Waals surface area contributed by atoms with Crippen LogP contribution in [0.4, 0.5) is 5.69 Å². The van der Waals surface area contributed by atoms with E-state index in [4.69, 9.17) is 11.6 Å². The zero-order chi connectivity index (χ0) is 19.3. The van der Waals surface area contributed by atoms with Crippen LogP contribution in [0.3, 0.4) is 0 Å². The molecule has 0 fully saturated rings.